The van der Waals surface area contributed by atoms with Gasteiger partial charge < -0.3 is 9.63 Å². The van der Waals surface area contributed by atoms with Crippen LogP contribution < -0.4 is 15.3 Å². The minimum absolute atomic E-state index is 0.141. The van der Waals surface area contributed by atoms with Gasteiger partial charge in [0.2, 0.25) is 0 Å². The van der Waals surface area contributed by atoms with Crippen LogP contribution in [0.1, 0.15) is 13.8 Å². The molecule has 0 amide bonds. The van der Waals surface area contributed by atoms with Crippen LogP contribution in [0.4, 0.5) is 0 Å². The third kappa shape index (κ3) is 3.32. The Kier molecular flexibility index (Phi) is 4.35. The molecule has 0 bridgehead atoms. The van der Waals surface area contributed by atoms with E-state index in [2.05, 4.69) is 0 Å². The maximum Gasteiger partial charge on any atom is 0.120 e. The van der Waals surface area contributed by atoms with E-state index in [0.717, 1.165) is 16.4 Å². The average molecular weight is 260 g/mol. The van der Waals surface area contributed by atoms with Gasteiger partial charge in [0.15, 0.2) is 0 Å². The summed E-state index contributed by atoms with van der Waals surface area (Å²) in [7, 11) is -1.29. The lowest BCUT2D eigenvalue weighted by molar-refractivity contribution is 0.242. The van der Waals surface area contributed by atoms with Gasteiger partial charge in [0.25, 0.3) is 0 Å². The van der Waals surface area contributed by atoms with E-state index < -0.39 is 8.15 Å². The van der Waals surface area contributed by atoms with Crippen LogP contribution in [-0.4, -0.2) is 11.0 Å². The fourth-order valence-electron chi connectivity index (χ4n) is 1.68. The third-order valence-electron chi connectivity index (χ3n) is 2.43. The van der Waals surface area contributed by atoms with Crippen molar-refractivity contribution in [2.75, 3.05) is 0 Å². The summed E-state index contributed by atoms with van der Waals surface area (Å²) in [5.41, 5.74) is 0. The van der Waals surface area contributed by atoms with Crippen molar-refractivity contribution in [2.45, 2.75) is 20.0 Å². The molecule has 0 saturated carbocycles. The maximum absolute atomic E-state index is 10.4. The number of hydrogen-bond donors (Lipinski definition) is 1. The Labute approximate surface area is 109 Å². The molecule has 1 atom stereocenters. The van der Waals surface area contributed by atoms with Crippen LogP contribution >= 0.6 is 8.15 Å². The number of rotatable bonds is 4. The Bertz CT molecular complexity index is 497. The predicted molar refractivity (Wildman–Crippen MR) is 77.1 cm³/mol. The fourth-order valence-corrected chi connectivity index (χ4v) is 2.91. The molecule has 0 aliphatic carbocycles. The van der Waals surface area contributed by atoms with E-state index in [4.69, 9.17) is 4.74 Å². The summed E-state index contributed by atoms with van der Waals surface area (Å²) in [5.74, 6) is 0.806. The molecule has 0 fully saturated rings. The largest absolute Gasteiger partial charge is 0.491 e. The second kappa shape index (κ2) is 5.99. The maximum atomic E-state index is 10.4. The number of hydrogen-bond acceptors (Lipinski definition) is 2. The highest BCUT2D eigenvalue weighted by molar-refractivity contribution is 7.67. The quantitative estimate of drug-likeness (QED) is 0.857. The molecular weight excluding hydrogens is 243 g/mol. The molecule has 1 N–H and O–H groups in total. The van der Waals surface area contributed by atoms with Gasteiger partial charge in [-0.2, -0.15) is 0 Å². The standard InChI is InChI=1S/C15H17O2P/c1-12(2)17-13-7-6-10-15(11-13)18(16)14-8-4-3-5-9-14/h3-12,16H,1-2H3. The summed E-state index contributed by atoms with van der Waals surface area (Å²) in [6, 6.07) is 17.4. The topological polar surface area (TPSA) is 29.5 Å². The summed E-state index contributed by atoms with van der Waals surface area (Å²) < 4.78 is 5.64. The molecular formula is C15H17O2P. The zero-order valence-corrected chi connectivity index (χ0v) is 11.5. The third-order valence-corrected chi connectivity index (χ3v) is 3.99. The summed E-state index contributed by atoms with van der Waals surface area (Å²) >= 11 is 0. The van der Waals surface area contributed by atoms with Crippen LogP contribution in [0.25, 0.3) is 0 Å². The van der Waals surface area contributed by atoms with Crippen molar-refractivity contribution >= 4 is 18.8 Å². The first-order valence-corrected chi connectivity index (χ1v) is 7.27. The van der Waals surface area contributed by atoms with Crippen molar-refractivity contribution in [1.29, 1.82) is 0 Å². The fraction of sp³-hybridized carbons (Fsp3) is 0.200. The van der Waals surface area contributed by atoms with Crippen LogP contribution in [-0.2, 0) is 0 Å². The molecule has 0 aromatic heterocycles. The summed E-state index contributed by atoms with van der Waals surface area (Å²) in [4.78, 5) is 10.4. The Morgan fingerprint density at radius 2 is 1.61 bits per heavy atom. The van der Waals surface area contributed by atoms with Crippen molar-refractivity contribution in [3.8, 4) is 5.75 Å². The first-order valence-electron chi connectivity index (χ1n) is 5.97. The molecule has 2 nitrogen and oxygen atoms in total. The van der Waals surface area contributed by atoms with E-state index in [9.17, 15) is 4.89 Å². The van der Waals surface area contributed by atoms with Gasteiger partial charge in [-0.25, -0.2) is 0 Å². The molecule has 3 heteroatoms. The molecule has 0 aliphatic rings. The van der Waals surface area contributed by atoms with Crippen LogP contribution in [0.2, 0.25) is 0 Å². The minimum atomic E-state index is -1.29. The van der Waals surface area contributed by atoms with Gasteiger partial charge in [-0.3, -0.25) is 0 Å². The lowest BCUT2D eigenvalue weighted by Crippen LogP contribution is -2.12. The van der Waals surface area contributed by atoms with Crippen LogP contribution in [0.3, 0.4) is 0 Å². The van der Waals surface area contributed by atoms with Gasteiger partial charge >= 0.3 is 0 Å². The van der Waals surface area contributed by atoms with E-state index in [0.29, 0.717) is 0 Å². The second-order valence-electron chi connectivity index (χ2n) is 4.31. The van der Waals surface area contributed by atoms with Gasteiger partial charge in [0.1, 0.15) is 5.75 Å². The molecule has 2 rings (SSSR count). The number of ether oxygens (including phenoxy) is 1. The zero-order chi connectivity index (χ0) is 13.0. The molecule has 2 aromatic rings. The zero-order valence-electron chi connectivity index (χ0n) is 10.6. The van der Waals surface area contributed by atoms with E-state index in [1.165, 1.54) is 0 Å². The Hall–Kier alpha value is -1.37. The predicted octanol–water partition coefficient (Wildman–Crippen LogP) is 2.81. The Morgan fingerprint density at radius 1 is 0.944 bits per heavy atom. The molecule has 0 spiro atoms. The van der Waals surface area contributed by atoms with Crippen molar-refractivity contribution < 1.29 is 9.63 Å². The SMILES string of the molecule is CC(C)Oc1cccc(P(O)c2ccccc2)c1. The summed E-state index contributed by atoms with van der Waals surface area (Å²) in [6.45, 7) is 3.98. The molecule has 2 aromatic carbocycles. The van der Waals surface area contributed by atoms with Crippen molar-refractivity contribution in [1.82, 2.24) is 0 Å². The molecule has 0 saturated heterocycles. The Balaban J connectivity index is 2.23. The molecule has 18 heavy (non-hydrogen) atoms. The van der Waals surface area contributed by atoms with Gasteiger partial charge in [-0.1, -0.05) is 42.5 Å². The highest BCUT2D eigenvalue weighted by atomic mass is 31.1. The lowest BCUT2D eigenvalue weighted by atomic mass is 10.3. The Morgan fingerprint density at radius 3 is 2.28 bits per heavy atom. The van der Waals surface area contributed by atoms with E-state index in [1.54, 1.807) is 0 Å². The first kappa shape index (κ1) is 13.1. The summed E-state index contributed by atoms with van der Waals surface area (Å²) in [5, 5.41) is 1.86. The van der Waals surface area contributed by atoms with E-state index in [-0.39, 0.29) is 6.10 Å². The van der Waals surface area contributed by atoms with Crippen LogP contribution in [0.5, 0.6) is 5.75 Å². The van der Waals surface area contributed by atoms with Crippen molar-refractivity contribution in [2.24, 2.45) is 0 Å². The van der Waals surface area contributed by atoms with Crippen LogP contribution in [0.15, 0.2) is 54.6 Å². The van der Waals surface area contributed by atoms with Gasteiger partial charge in [-0.15, -0.1) is 0 Å². The number of benzene rings is 2. The van der Waals surface area contributed by atoms with Crippen LogP contribution in [0, 0.1) is 0 Å². The van der Waals surface area contributed by atoms with Gasteiger partial charge in [0, 0.05) is 10.6 Å². The van der Waals surface area contributed by atoms with Gasteiger partial charge in [0.05, 0.1) is 14.3 Å². The first-order chi connectivity index (χ1) is 8.66. The normalized spacial score (nSPS) is 12.4. The minimum Gasteiger partial charge on any atom is -0.491 e. The molecule has 94 valence electrons. The summed E-state index contributed by atoms with van der Waals surface area (Å²) in [6.07, 6.45) is 0.141. The monoisotopic (exact) mass is 260 g/mol. The molecule has 0 radical (unpaired) electrons. The van der Waals surface area contributed by atoms with Crippen molar-refractivity contribution in [3.63, 3.8) is 0 Å². The van der Waals surface area contributed by atoms with Gasteiger partial charge in [-0.05, 0) is 26.0 Å². The average Bonchev–Trinajstić information content (AvgIpc) is 2.38. The van der Waals surface area contributed by atoms with E-state index in [1.807, 2.05) is 68.4 Å². The van der Waals surface area contributed by atoms with E-state index >= 15 is 0 Å². The highest BCUT2D eigenvalue weighted by Crippen LogP contribution is 2.29. The second-order valence-corrected chi connectivity index (χ2v) is 5.97. The smallest absolute Gasteiger partial charge is 0.120 e. The molecule has 1 unspecified atom stereocenters. The lowest BCUT2D eigenvalue weighted by Gasteiger charge is -2.14. The molecule has 0 heterocycles. The molecule has 0 aliphatic heterocycles. The highest BCUT2D eigenvalue weighted by Gasteiger charge is 2.11. The van der Waals surface area contributed by atoms with Crippen molar-refractivity contribution in [3.05, 3.63) is 54.6 Å².